The molecule has 0 saturated heterocycles. The van der Waals surface area contributed by atoms with Crippen molar-refractivity contribution >= 4 is 5.71 Å². The van der Waals surface area contributed by atoms with Gasteiger partial charge in [0.1, 0.15) is 0 Å². The first-order chi connectivity index (χ1) is 5.57. The predicted molar refractivity (Wildman–Crippen MR) is 54.4 cm³/mol. The van der Waals surface area contributed by atoms with Gasteiger partial charge in [-0.2, -0.15) is 0 Å². The summed E-state index contributed by atoms with van der Waals surface area (Å²) in [5.74, 6) is 0.350. The Labute approximate surface area is 75.4 Å². The summed E-state index contributed by atoms with van der Waals surface area (Å²) >= 11 is 0. The molecule has 0 spiro atoms. The van der Waals surface area contributed by atoms with Crippen molar-refractivity contribution in [1.82, 2.24) is 0 Å². The van der Waals surface area contributed by atoms with Gasteiger partial charge in [0.2, 0.25) is 0 Å². The van der Waals surface area contributed by atoms with Crippen LogP contribution < -0.4 is 5.73 Å². The highest BCUT2D eigenvalue weighted by atomic mass is 14.6. The normalized spacial score (nSPS) is 14.4. The molecule has 70 valence electrons. The molecule has 12 heavy (non-hydrogen) atoms. The number of hydrogen-bond acceptors (Lipinski definition) is 2. The molecule has 0 saturated carbocycles. The van der Waals surface area contributed by atoms with Crippen molar-refractivity contribution in [2.24, 2.45) is 11.7 Å². The number of nitrogens with two attached hydrogens (primary N) is 1. The Kier molecular flexibility index (Phi) is 5.43. The molecule has 2 heteroatoms. The summed E-state index contributed by atoms with van der Waals surface area (Å²) in [6, 6.07) is 0. The van der Waals surface area contributed by atoms with E-state index in [-0.39, 0.29) is 0 Å². The minimum Gasteiger partial charge on any atom is -0.402 e. The lowest BCUT2D eigenvalue weighted by atomic mass is 9.98. The van der Waals surface area contributed by atoms with Gasteiger partial charge in [-0.3, -0.25) is 0 Å². The molecule has 0 radical (unpaired) electrons. The third-order valence-electron chi connectivity index (χ3n) is 1.90. The van der Waals surface area contributed by atoms with E-state index in [1.165, 1.54) is 12.8 Å². The van der Waals surface area contributed by atoms with E-state index in [0.29, 0.717) is 11.6 Å². The molecule has 0 aromatic carbocycles. The van der Waals surface area contributed by atoms with E-state index in [4.69, 9.17) is 11.1 Å². The van der Waals surface area contributed by atoms with Gasteiger partial charge in [-0.05, 0) is 25.3 Å². The molecule has 0 aliphatic carbocycles. The third kappa shape index (κ3) is 4.94. The minimum absolute atomic E-state index is 0.350. The van der Waals surface area contributed by atoms with Crippen LogP contribution in [0.25, 0.3) is 0 Å². The molecule has 0 amide bonds. The highest BCUT2D eigenvalue weighted by molar-refractivity contribution is 5.94. The van der Waals surface area contributed by atoms with Gasteiger partial charge in [-0.25, -0.2) is 0 Å². The Morgan fingerprint density at radius 2 is 2.17 bits per heavy atom. The van der Waals surface area contributed by atoms with Gasteiger partial charge in [-0.1, -0.05) is 26.7 Å². The zero-order chi connectivity index (χ0) is 9.56. The molecular formula is C10H20N2. The SMILES string of the molecule is CCCCC(C)C(=N)C=C(C)N. The standard InChI is InChI=1S/C10H20N2/c1-4-5-6-8(2)10(12)7-9(3)11/h7-8,12H,4-6,11H2,1-3H3. The van der Waals surface area contributed by atoms with Gasteiger partial charge in [0.25, 0.3) is 0 Å². The number of allylic oxidation sites excluding steroid dienone is 2. The van der Waals surface area contributed by atoms with Crippen molar-refractivity contribution in [3.63, 3.8) is 0 Å². The smallest absolute Gasteiger partial charge is 0.0359 e. The minimum atomic E-state index is 0.350. The van der Waals surface area contributed by atoms with Crippen molar-refractivity contribution in [1.29, 1.82) is 5.41 Å². The average Bonchev–Trinajstić information content (AvgIpc) is 1.98. The zero-order valence-electron chi connectivity index (χ0n) is 8.35. The Hall–Kier alpha value is -0.790. The van der Waals surface area contributed by atoms with E-state index >= 15 is 0 Å². The number of rotatable bonds is 5. The van der Waals surface area contributed by atoms with Gasteiger partial charge in [0, 0.05) is 11.4 Å². The lowest BCUT2D eigenvalue weighted by Gasteiger charge is -2.08. The molecule has 1 atom stereocenters. The lowest BCUT2D eigenvalue weighted by molar-refractivity contribution is 0.624. The molecular weight excluding hydrogens is 148 g/mol. The molecule has 0 fully saturated rings. The molecule has 1 unspecified atom stereocenters. The summed E-state index contributed by atoms with van der Waals surface area (Å²) in [6.07, 6.45) is 5.24. The Morgan fingerprint density at radius 3 is 2.58 bits per heavy atom. The van der Waals surface area contributed by atoms with Crippen LogP contribution >= 0.6 is 0 Å². The van der Waals surface area contributed by atoms with Crippen LogP contribution in [0.2, 0.25) is 0 Å². The van der Waals surface area contributed by atoms with Gasteiger partial charge < -0.3 is 11.1 Å². The quantitative estimate of drug-likeness (QED) is 0.609. The van der Waals surface area contributed by atoms with Crippen molar-refractivity contribution in [3.8, 4) is 0 Å². The monoisotopic (exact) mass is 168 g/mol. The maximum atomic E-state index is 7.65. The highest BCUT2D eigenvalue weighted by Crippen LogP contribution is 2.09. The molecule has 0 aliphatic rings. The maximum Gasteiger partial charge on any atom is 0.0359 e. The first-order valence-corrected chi connectivity index (χ1v) is 4.60. The number of unbranched alkanes of at least 4 members (excludes halogenated alkanes) is 1. The molecule has 0 aromatic rings. The summed E-state index contributed by atoms with van der Waals surface area (Å²) in [5, 5.41) is 7.65. The topological polar surface area (TPSA) is 49.9 Å². The second-order valence-corrected chi connectivity index (χ2v) is 3.39. The van der Waals surface area contributed by atoms with Gasteiger partial charge in [0.15, 0.2) is 0 Å². The van der Waals surface area contributed by atoms with Crippen LogP contribution in [0, 0.1) is 11.3 Å². The predicted octanol–water partition coefficient (Wildman–Crippen LogP) is 2.69. The fraction of sp³-hybridized carbons (Fsp3) is 0.700. The number of nitrogens with one attached hydrogen (secondary N) is 1. The second-order valence-electron chi connectivity index (χ2n) is 3.39. The Bertz CT molecular complexity index is 167. The molecule has 2 nitrogen and oxygen atoms in total. The molecule has 0 aromatic heterocycles. The fourth-order valence-electron chi connectivity index (χ4n) is 1.05. The van der Waals surface area contributed by atoms with Crippen LogP contribution in [0.15, 0.2) is 11.8 Å². The van der Waals surface area contributed by atoms with Crippen molar-refractivity contribution < 1.29 is 0 Å². The van der Waals surface area contributed by atoms with Crippen molar-refractivity contribution in [2.75, 3.05) is 0 Å². The van der Waals surface area contributed by atoms with E-state index < -0.39 is 0 Å². The molecule has 3 N–H and O–H groups in total. The largest absolute Gasteiger partial charge is 0.402 e. The lowest BCUT2D eigenvalue weighted by Crippen LogP contribution is -2.09. The summed E-state index contributed by atoms with van der Waals surface area (Å²) in [6.45, 7) is 6.07. The zero-order valence-corrected chi connectivity index (χ0v) is 8.35. The van der Waals surface area contributed by atoms with Crippen LogP contribution in [0.4, 0.5) is 0 Å². The summed E-state index contributed by atoms with van der Waals surface area (Å²) in [7, 11) is 0. The summed E-state index contributed by atoms with van der Waals surface area (Å²) in [5.41, 5.74) is 6.86. The molecule has 0 aliphatic heterocycles. The van der Waals surface area contributed by atoms with Crippen LogP contribution in [0.1, 0.15) is 40.0 Å². The van der Waals surface area contributed by atoms with Crippen molar-refractivity contribution in [2.45, 2.75) is 40.0 Å². The number of hydrogen-bond donors (Lipinski definition) is 2. The molecule has 0 rings (SSSR count). The summed E-state index contributed by atoms with van der Waals surface area (Å²) < 4.78 is 0. The summed E-state index contributed by atoms with van der Waals surface area (Å²) in [4.78, 5) is 0. The second kappa shape index (κ2) is 5.81. The molecule has 0 heterocycles. The van der Waals surface area contributed by atoms with E-state index in [1.54, 1.807) is 6.08 Å². The molecule has 0 bridgehead atoms. The van der Waals surface area contributed by atoms with Gasteiger partial charge in [0.05, 0.1) is 0 Å². The van der Waals surface area contributed by atoms with Crippen LogP contribution in [-0.2, 0) is 0 Å². The van der Waals surface area contributed by atoms with E-state index in [1.807, 2.05) is 6.92 Å². The fourth-order valence-corrected chi connectivity index (χ4v) is 1.05. The average molecular weight is 168 g/mol. The highest BCUT2D eigenvalue weighted by Gasteiger charge is 2.04. The van der Waals surface area contributed by atoms with E-state index in [0.717, 1.165) is 12.1 Å². The first-order valence-electron chi connectivity index (χ1n) is 4.60. The van der Waals surface area contributed by atoms with Crippen LogP contribution in [0.3, 0.4) is 0 Å². The van der Waals surface area contributed by atoms with E-state index in [2.05, 4.69) is 13.8 Å². The Balaban J connectivity index is 3.85. The van der Waals surface area contributed by atoms with Crippen LogP contribution in [-0.4, -0.2) is 5.71 Å². The van der Waals surface area contributed by atoms with Crippen LogP contribution in [0.5, 0.6) is 0 Å². The van der Waals surface area contributed by atoms with Crippen molar-refractivity contribution in [3.05, 3.63) is 11.8 Å². The van der Waals surface area contributed by atoms with Gasteiger partial charge >= 0.3 is 0 Å². The Morgan fingerprint density at radius 1 is 1.58 bits per heavy atom. The van der Waals surface area contributed by atoms with Gasteiger partial charge in [-0.15, -0.1) is 0 Å². The third-order valence-corrected chi connectivity index (χ3v) is 1.90. The van der Waals surface area contributed by atoms with E-state index in [9.17, 15) is 0 Å². The maximum absolute atomic E-state index is 7.65. The first kappa shape index (κ1) is 11.2.